The smallest absolute Gasteiger partial charge is 0.171 e. The van der Waals surface area contributed by atoms with Crippen LogP contribution in [0, 0.1) is 20.8 Å². The molecule has 0 amide bonds. The molecular weight excluding hydrogens is 336 g/mol. The number of benzene rings is 3. The molecule has 2 nitrogen and oxygen atoms in total. The molecule has 0 fully saturated rings. The fraction of sp³-hybridized carbons (Fsp3) is 0.174. The predicted octanol–water partition coefficient (Wildman–Crippen LogP) is 5.69. The highest BCUT2D eigenvalue weighted by atomic mass is 32.1. The predicted molar refractivity (Wildman–Crippen MR) is 115 cm³/mol. The second kappa shape index (κ2) is 8.15. The van der Waals surface area contributed by atoms with Crippen LogP contribution in [0.5, 0.6) is 0 Å². The third-order valence-corrected chi connectivity index (χ3v) is 4.68. The molecule has 1 atom stereocenters. The zero-order valence-corrected chi connectivity index (χ0v) is 16.2. The van der Waals surface area contributed by atoms with E-state index in [1.807, 2.05) is 6.07 Å². The first-order valence-electron chi connectivity index (χ1n) is 8.79. The first kappa shape index (κ1) is 18.2. The maximum absolute atomic E-state index is 5.62. The second-order valence-corrected chi connectivity index (χ2v) is 7.08. The Morgan fingerprint density at radius 1 is 0.769 bits per heavy atom. The number of anilines is 1. The molecule has 0 bridgehead atoms. The van der Waals surface area contributed by atoms with Crippen molar-refractivity contribution in [1.29, 1.82) is 0 Å². The average molecular weight is 361 g/mol. The lowest BCUT2D eigenvalue weighted by Gasteiger charge is -2.23. The summed E-state index contributed by atoms with van der Waals surface area (Å²) >= 11 is 5.62. The molecule has 132 valence electrons. The maximum Gasteiger partial charge on any atom is 0.171 e. The monoisotopic (exact) mass is 360 g/mol. The second-order valence-electron chi connectivity index (χ2n) is 6.67. The topological polar surface area (TPSA) is 24.1 Å². The maximum atomic E-state index is 5.62. The summed E-state index contributed by atoms with van der Waals surface area (Å²) in [5.41, 5.74) is 7.04. The van der Waals surface area contributed by atoms with E-state index in [0.717, 1.165) is 5.69 Å². The minimum Gasteiger partial charge on any atom is -0.352 e. The number of hydrogen-bond acceptors (Lipinski definition) is 1. The lowest BCUT2D eigenvalue weighted by atomic mass is 9.98. The summed E-state index contributed by atoms with van der Waals surface area (Å²) in [4.78, 5) is 0. The van der Waals surface area contributed by atoms with Gasteiger partial charge in [-0.2, -0.15) is 0 Å². The van der Waals surface area contributed by atoms with Gasteiger partial charge in [0.15, 0.2) is 5.11 Å². The van der Waals surface area contributed by atoms with Crippen LogP contribution >= 0.6 is 12.2 Å². The van der Waals surface area contributed by atoms with Gasteiger partial charge >= 0.3 is 0 Å². The van der Waals surface area contributed by atoms with Gasteiger partial charge in [-0.05, 0) is 61.3 Å². The van der Waals surface area contributed by atoms with E-state index in [2.05, 4.69) is 98.1 Å². The van der Waals surface area contributed by atoms with Crippen molar-refractivity contribution >= 4 is 23.0 Å². The van der Waals surface area contributed by atoms with Gasteiger partial charge in [0.1, 0.15) is 0 Å². The third kappa shape index (κ3) is 4.50. The van der Waals surface area contributed by atoms with Crippen molar-refractivity contribution in [3.8, 4) is 0 Å². The van der Waals surface area contributed by atoms with Gasteiger partial charge in [-0.15, -0.1) is 0 Å². The zero-order chi connectivity index (χ0) is 18.5. The van der Waals surface area contributed by atoms with E-state index in [1.54, 1.807) is 0 Å². The molecule has 0 spiro atoms. The Bertz CT molecular complexity index is 886. The molecule has 0 aliphatic heterocycles. The van der Waals surface area contributed by atoms with Crippen molar-refractivity contribution in [2.75, 3.05) is 5.32 Å². The lowest BCUT2D eigenvalue weighted by Crippen LogP contribution is -2.33. The van der Waals surface area contributed by atoms with Crippen molar-refractivity contribution in [2.45, 2.75) is 26.8 Å². The van der Waals surface area contributed by atoms with Crippen LogP contribution in [-0.2, 0) is 0 Å². The Balaban J connectivity index is 1.84. The zero-order valence-electron chi connectivity index (χ0n) is 15.4. The number of hydrogen-bond donors (Lipinski definition) is 2. The standard InChI is InChI=1S/C23H24N2S/c1-16-10-13-20(14-11-16)22(19-7-5-4-6-8-19)25-23(26)24-21-15-17(2)9-12-18(21)3/h4-15,22H,1-3H3,(H2,24,25,26)/t22-/m0/s1. The van der Waals surface area contributed by atoms with Gasteiger partial charge in [-0.1, -0.05) is 72.3 Å². The quantitative estimate of drug-likeness (QED) is 0.585. The Hall–Kier alpha value is -2.65. The van der Waals surface area contributed by atoms with Crippen LogP contribution in [0.2, 0.25) is 0 Å². The molecule has 3 heteroatoms. The van der Waals surface area contributed by atoms with Crippen molar-refractivity contribution in [2.24, 2.45) is 0 Å². The first-order valence-corrected chi connectivity index (χ1v) is 9.20. The number of nitrogens with one attached hydrogen (secondary N) is 2. The molecule has 0 aromatic heterocycles. The Morgan fingerprint density at radius 2 is 1.38 bits per heavy atom. The molecule has 0 saturated heterocycles. The van der Waals surface area contributed by atoms with E-state index in [-0.39, 0.29) is 6.04 Å². The summed E-state index contributed by atoms with van der Waals surface area (Å²) in [6, 6.07) is 25.3. The van der Waals surface area contributed by atoms with Crippen LogP contribution in [0.4, 0.5) is 5.69 Å². The molecule has 26 heavy (non-hydrogen) atoms. The molecule has 0 aliphatic carbocycles. The van der Waals surface area contributed by atoms with Gasteiger partial charge in [-0.25, -0.2) is 0 Å². The van der Waals surface area contributed by atoms with Gasteiger partial charge in [-0.3, -0.25) is 0 Å². The normalized spacial score (nSPS) is 11.7. The minimum atomic E-state index is 0.00177. The van der Waals surface area contributed by atoms with Crippen LogP contribution < -0.4 is 10.6 Å². The summed E-state index contributed by atoms with van der Waals surface area (Å²) in [7, 11) is 0. The van der Waals surface area contributed by atoms with Crippen LogP contribution in [0.3, 0.4) is 0 Å². The highest BCUT2D eigenvalue weighted by Crippen LogP contribution is 2.23. The molecular formula is C23H24N2S. The van der Waals surface area contributed by atoms with Crippen molar-refractivity contribution in [1.82, 2.24) is 5.32 Å². The molecule has 3 aromatic carbocycles. The first-order chi connectivity index (χ1) is 12.5. The molecule has 3 rings (SSSR count). The Morgan fingerprint density at radius 3 is 2.08 bits per heavy atom. The molecule has 3 aromatic rings. The molecule has 0 unspecified atom stereocenters. The Kier molecular flexibility index (Phi) is 5.69. The van der Waals surface area contributed by atoms with Gasteiger partial charge in [0.25, 0.3) is 0 Å². The average Bonchev–Trinajstić information content (AvgIpc) is 2.64. The fourth-order valence-electron chi connectivity index (χ4n) is 2.92. The summed E-state index contributed by atoms with van der Waals surface area (Å²) in [5.74, 6) is 0. The van der Waals surface area contributed by atoms with E-state index >= 15 is 0 Å². The molecule has 2 N–H and O–H groups in total. The number of thiocarbonyl (C=S) groups is 1. The largest absolute Gasteiger partial charge is 0.352 e. The van der Waals surface area contributed by atoms with Crippen molar-refractivity contribution in [3.05, 3.63) is 101 Å². The Labute approximate surface area is 161 Å². The highest BCUT2D eigenvalue weighted by Gasteiger charge is 2.15. The van der Waals surface area contributed by atoms with Crippen LogP contribution in [0.1, 0.15) is 33.9 Å². The number of rotatable bonds is 4. The third-order valence-electron chi connectivity index (χ3n) is 4.46. The summed E-state index contributed by atoms with van der Waals surface area (Å²) in [6.07, 6.45) is 0. The van der Waals surface area contributed by atoms with Gasteiger partial charge < -0.3 is 10.6 Å². The van der Waals surface area contributed by atoms with E-state index in [1.165, 1.54) is 27.8 Å². The van der Waals surface area contributed by atoms with Gasteiger partial charge in [0, 0.05) is 5.69 Å². The van der Waals surface area contributed by atoms with E-state index in [4.69, 9.17) is 12.2 Å². The van der Waals surface area contributed by atoms with Crippen molar-refractivity contribution < 1.29 is 0 Å². The minimum absolute atomic E-state index is 0.00177. The van der Waals surface area contributed by atoms with Crippen LogP contribution in [0.25, 0.3) is 0 Å². The van der Waals surface area contributed by atoms with Gasteiger partial charge in [0.2, 0.25) is 0 Å². The SMILES string of the molecule is Cc1ccc([C@@H](NC(=S)Nc2cc(C)ccc2C)c2ccccc2)cc1. The van der Waals surface area contributed by atoms with E-state index < -0.39 is 0 Å². The van der Waals surface area contributed by atoms with E-state index in [9.17, 15) is 0 Å². The fourth-order valence-corrected chi connectivity index (χ4v) is 3.15. The van der Waals surface area contributed by atoms with E-state index in [0.29, 0.717) is 5.11 Å². The van der Waals surface area contributed by atoms with Crippen LogP contribution in [-0.4, -0.2) is 5.11 Å². The molecule has 0 radical (unpaired) electrons. The summed E-state index contributed by atoms with van der Waals surface area (Å²) < 4.78 is 0. The number of aryl methyl sites for hydroxylation is 3. The molecule has 0 heterocycles. The summed E-state index contributed by atoms with van der Waals surface area (Å²) in [5, 5.41) is 7.46. The van der Waals surface area contributed by atoms with Crippen LogP contribution in [0.15, 0.2) is 72.8 Å². The van der Waals surface area contributed by atoms with Crippen molar-refractivity contribution in [3.63, 3.8) is 0 Å². The molecule has 0 aliphatic rings. The van der Waals surface area contributed by atoms with Gasteiger partial charge in [0.05, 0.1) is 6.04 Å². The summed E-state index contributed by atoms with van der Waals surface area (Å²) in [6.45, 7) is 6.26. The lowest BCUT2D eigenvalue weighted by molar-refractivity contribution is 0.768. The highest BCUT2D eigenvalue weighted by molar-refractivity contribution is 7.80. The molecule has 0 saturated carbocycles.